The summed E-state index contributed by atoms with van der Waals surface area (Å²) in [5.74, 6) is 0. The average Bonchev–Trinajstić information content (AvgIpc) is 2.70. The SMILES string of the molecule is FC(F)c1cccc(C2OC=CO2)c1Br. The van der Waals surface area contributed by atoms with Crippen molar-refractivity contribution in [1.29, 1.82) is 0 Å². The smallest absolute Gasteiger partial charge is 0.267 e. The van der Waals surface area contributed by atoms with Crippen LogP contribution in [0.5, 0.6) is 0 Å². The maximum absolute atomic E-state index is 12.6. The van der Waals surface area contributed by atoms with Crippen molar-refractivity contribution in [2.75, 3.05) is 0 Å². The summed E-state index contributed by atoms with van der Waals surface area (Å²) < 4.78 is 35.6. The van der Waals surface area contributed by atoms with E-state index in [1.807, 2.05) is 0 Å². The molecule has 0 amide bonds. The molecule has 15 heavy (non-hydrogen) atoms. The highest BCUT2D eigenvalue weighted by molar-refractivity contribution is 9.10. The van der Waals surface area contributed by atoms with Crippen molar-refractivity contribution in [2.24, 2.45) is 0 Å². The minimum Gasteiger partial charge on any atom is -0.455 e. The monoisotopic (exact) mass is 276 g/mol. The molecule has 0 radical (unpaired) electrons. The summed E-state index contributed by atoms with van der Waals surface area (Å²) in [6, 6.07) is 4.58. The molecule has 0 unspecified atom stereocenters. The highest BCUT2D eigenvalue weighted by Crippen LogP contribution is 2.36. The standard InChI is InChI=1S/C10H7BrF2O2/c11-8-6(9(12)13)2-1-3-7(8)10-14-4-5-15-10/h1-5,9-10H. The van der Waals surface area contributed by atoms with Gasteiger partial charge in [0.25, 0.3) is 12.7 Å². The lowest BCUT2D eigenvalue weighted by Crippen LogP contribution is -2.01. The molecule has 1 heterocycles. The maximum Gasteiger partial charge on any atom is 0.267 e. The molecular formula is C10H7BrF2O2. The highest BCUT2D eigenvalue weighted by Gasteiger charge is 2.22. The van der Waals surface area contributed by atoms with Gasteiger partial charge in [0, 0.05) is 15.6 Å². The third-order valence-corrected chi connectivity index (χ3v) is 2.92. The number of hydrogen-bond acceptors (Lipinski definition) is 2. The van der Waals surface area contributed by atoms with Crippen molar-refractivity contribution in [3.63, 3.8) is 0 Å². The number of ether oxygens (including phenoxy) is 2. The number of alkyl halides is 2. The molecular weight excluding hydrogens is 270 g/mol. The van der Waals surface area contributed by atoms with Crippen LogP contribution in [-0.4, -0.2) is 0 Å². The van der Waals surface area contributed by atoms with Crippen LogP contribution in [0.1, 0.15) is 23.8 Å². The van der Waals surface area contributed by atoms with E-state index in [9.17, 15) is 8.78 Å². The summed E-state index contributed by atoms with van der Waals surface area (Å²) in [6.07, 6.45) is -0.398. The minimum absolute atomic E-state index is 0.0633. The molecule has 2 rings (SSSR count). The summed E-state index contributed by atoms with van der Waals surface area (Å²) in [5.41, 5.74) is 0.490. The molecule has 5 heteroatoms. The quantitative estimate of drug-likeness (QED) is 0.816. The van der Waals surface area contributed by atoms with Gasteiger partial charge in [-0.3, -0.25) is 0 Å². The van der Waals surface area contributed by atoms with Crippen LogP contribution < -0.4 is 0 Å². The van der Waals surface area contributed by atoms with Crippen LogP contribution in [0.3, 0.4) is 0 Å². The molecule has 0 atom stereocenters. The van der Waals surface area contributed by atoms with E-state index in [1.54, 1.807) is 12.1 Å². The van der Waals surface area contributed by atoms with Crippen molar-refractivity contribution >= 4 is 15.9 Å². The molecule has 1 aromatic rings. The van der Waals surface area contributed by atoms with Crippen LogP contribution in [0.4, 0.5) is 8.78 Å². The Bertz CT molecular complexity index is 385. The van der Waals surface area contributed by atoms with Crippen molar-refractivity contribution in [1.82, 2.24) is 0 Å². The molecule has 0 saturated heterocycles. The fraction of sp³-hybridized carbons (Fsp3) is 0.200. The van der Waals surface area contributed by atoms with Gasteiger partial charge < -0.3 is 9.47 Å². The van der Waals surface area contributed by atoms with Crippen molar-refractivity contribution in [3.05, 3.63) is 46.3 Å². The van der Waals surface area contributed by atoms with Gasteiger partial charge in [-0.25, -0.2) is 8.78 Å². The summed E-state index contributed by atoms with van der Waals surface area (Å²) >= 11 is 3.12. The highest BCUT2D eigenvalue weighted by atomic mass is 79.9. The zero-order chi connectivity index (χ0) is 10.8. The van der Waals surface area contributed by atoms with Crippen LogP contribution in [-0.2, 0) is 9.47 Å². The van der Waals surface area contributed by atoms with Gasteiger partial charge in [-0.1, -0.05) is 18.2 Å². The van der Waals surface area contributed by atoms with Crippen molar-refractivity contribution in [3.8, 4) is 0 Å². The summed E-state index contributed by atoms with van der Waals surface area (Å²) in [4.78, 5) is 0. The second-order valence-corrected chi connectivity index (χ2v) is 3.72. The van der Waals surface area contributed by atoms with E-state index in [1.165, 1.54) is 18.6 Å². The second-order valence-electron chi connectivity index (χ2n) is 2.93. The van der Waals surface area contributed by atoms with Crippen LogP contribution in [0.15, 0.2) is 35.2 Å². The van der Waals surface area contributed by atoms with E-state index in [0.29, 0.717) is 10.0 Å². The van der Waals surface area contributed by atoms with Gasteiger partial charge in [-0.05, 0) is 15.9 Å². The maximum atomic E-state index is 12.6. The van der Waals surface area contributed by atoms with Crippen LogP contribution >= 0.6 is 15.9 Å². The van der Waals surface area contributed by atoms with Crippen LogP contribution in [0.25, 0.3) is 0 Å². The first-order chi connectivity index (χ1) is 7.20. The minimum atomic E-state index is -2.52. The Balaban J connectivity index is 2.35. The molecule has 1 aliphatic heterocycles. The van der Waals surface area contributed by atoms with Gasteiger partial charge in [0.15, 0.2) is 0 Å². The Kier molecular flexibility index (Phi) is 2.90. The van der Waals surface area contributed by atoms with Crippen molar-refractivity contribution < 1.29 is 18.3 Å². The fourth-order valence-electron chi connectivity index (χ4n) is 1.30. The molecule has 0 N–H and O–H groups in total. The Hall–Kier alpha value is -1.10. The third-order valence-electron chi connectivity index (χ3n) is 2.01. The lowest BCUT2D eigenvalue weighted by molar-refractivity contribution is -0.0253. The van der Waals surface area contributed by atoms with Gasteiger partial charge in [0.2, 0.25) is 0 Å². The molecule has 0 aromatic heterocycles. The zero-order valence-corrected chi connectivity index (χ0v) is 9.08. The van der Waals surface area contributed by atoms with Gasteiger partial charge in [-0.2, -0.15) is 0 Å². The Morgan fingerprint density at radius 3 is 2.47 bits per heavy atom. The Morgan fingerprint density at radius 2 is 1.87 bits per heavy atom. The Labute approximate surface area is 93.6 Å². The van der Waals surface area contributed by atoms with Crippen LogP contribution in [0, 0.1) is 0 Å². The third kappa shape index (κ3) is 1.97. The normalized spacial score (nSPS) is 15.5. The zero-order valence-electron chi connectivity index (χ0n) is 7.49. The van der Waals surface area contributed by atoms with E-state index >= 15 is 0 Å². The number of hydrogen-bond donors (Lipinski definition) is 0. The summed E-state index contributed by atoms with van der Waals surface area (Å²) in [5, 5.41) is 0. The first kappa shape index (κ1) is 10.4. The van der Waals surface area contributed by atoms with Crippen molar-refractivity contribution in [2.45, 2.75) is 12.7 Å². The molecule has 0 saturated carbocycles. The van der Waals surface area contributed by atoms with E-state index in [0.717, 1.165) is 0 Å². The molecule has 1 aromatic carbocycles. The number of halogens is 3. The first-order valence-corrected chi connectivity index (χ1v) is 5.02. The van der Waals surface area contributed by atoms with E-state index in [4.69, 9.17) is 9.47 Å². The Morgan fingerprint density at radius 1 is 1.20 bits per heavy atom. The van der Waals surface area contributed by atoms with Gasteiger partial charge in [-0.15, -0.1) is 0 Å². The van der Waals surface area contributed by atoms with Gasteiger partial charge in [0.05, 0.1) is 0 Å². The second kappa shape index (κ2) is 4.18. The van der Waals surface area contributed by atoms with Crippen LogP contribution in [0.2, 0.25) is 0 Å². The van der Waals surface area contributed by atoms with Gasteiger partial charge in [0.1, 0.15) is 12.5 Å². The lowest BCUT2D eigenvalue weighted by Gasteiger charge is -2.14. The largest absolute Gasteiger partial charge is 0.455 e. The predicted octanol–water partition coefficient (Wildman–Crippen LogP) is 3.90. The molecule has 0 spiro atoms. The molecule has 0 aliphatic carbocycles. The van der Waals surface area contributed by atoms with E-state index in [-0.39, 0.29) is 5.56 Å². The molecule has 0 bridgehead atoms. The first-order valence-electron chi connectivity index (χ1n) is 4.22. The number of benzene rings is 1. The summed E-state index contributed by atoms with van der Waals surface area (Å²) in [6.45, 7) is 0. The molecule has 1 aliphatic rings. The van der Waals surface area contributed by atoms with E-state index < -0.39 is 12.7 Å². The average molecular weight is 277 g/mol. The number of rotatable bonds is 2. The summed E-state index contributed by atoms with van der Waals surface area (Å²) in [7, 11) is 0. The predicted molar refractivity (Wildman–Crippen MR) is 53.2 cm³/mol. The van der Waals surface area contributed by atoms with E-state index in [2.05, 4.69) is 15.9 Å². The fourth-order valence-corrected chi connectivity index (χ4v) is 1.93. The topological polar surface area (TPSA) is 18.5 Å². The molecule has 80 valence electrons. The molecule has 0 fully saturated rings. The van der Waals surface area contributed by atoms with Gasteiger partial charge >= 0.3 is 0 Å². The lowest BCUT2D eigenvalue weighted by atomic mass is 10.1. The molecule has 2 nitrogen and oxygen atoms in total.